The van der Waals surface area contributed by atoms with Gasteiger partial charge in [0.25, 0.3) is 0 Å². The maximum absolute atomic E-state index is 12.1. The molecule has 0 saturated carbocycles. The fraction of sp³-hybridized carbons (Fsp3) is 0.0435. The third-order valence-electron chi connectivity index (χ3n) is 4.07. The van der Waals surface area contributed by atoms with E-state index < -0.39 is 11.9 Å². The number of ether oxygens (including phenoxy) is 1. The number of carbonyl (C=O) groups is 2. The van der Waals surface area contributed by atoms with Gasteiger partial charge in [-0.1, -0.05) is 43.0 Å². The van der Waals surface area contributed by atoms with Gasteiger partial charge in [-0.05, 0) is 48.5 Å². The topological polar surface area (TPSA) is 66.8 Å². The van der Waals surface area contributed by atoms with Crippen molar-refractivity contribution in [3.05, 3.63) is 103 Å². The molecule has 5 heteroatoms. The summed E-state index contributed by atoms with van der Waals surface area (Å²) in [6.07, 6.45) is 0. The number of nitrogens with zero attached hydrogens (tertiary/aromatic N) is 1. The molecule has 140 valence electrons. The van der Waals surface area contributed by atoms with Crippen molar-refractivity contribution < 1.29 is 19.4 Å². The van der Waals surface area contributed by atoms with Crippen LogP contribution in [-0.2, 0) is 9.53 Å². The number of anilines is 3. The molecule has 0 aliphatic rings. The van der Waals surface area contributed by atoms with E-state index in [-0.39, 0.29) is 12.2 Å². The van der Waals surface area contributed by atoms with Gasteiger partial charge in [0, 0.05) is 17.1 Å². The molecule has 0 unspecified atom stereocenters. The highest BCUT2D eigenvalue weighted by molar-refractivity contribution is 5.92. The van der Waals surface area contributed by atoms with Crippen LogP contribution in [0.4, 0.5) is 17.1 Å². The fourth-order valence-corrected chi connectivity index (χ4v) is 2.65. The molecule has 0 radical (unpaired) electrons. The number of hydrogen-bond donors (Lipinski definition) is 1. The van der Waals surface area contributed by atoms with Crippen molar-refractivity contribution in [3.63, 3.8) is 0 Å². The van der Waals surface area contributed by atoms with Crippen LogP contribution < -0.4 is 4.90 Å². The smallest absolute Gasteiger partial charge is 0.338 e. The first-order chi connectivity index (χ1) is 13.6. The van der Waals surface area contributed by atoms with E-state index in [2.05, 4.69) is 11.5 Å². The van der Waals surface area contributed by atoms with Crippen molar-refractivity contribution in [1.82, 2.24) is 0 Å². The van der Waals surface area contributed by atoms with Crippen LogP contribution in [0.5, 0.6) is 0 Å². The van der Waals surface area contributed by atoms with E-state index in [9.17, 15) is 9.59 Å². The molecule has 5 nitrogen and oxygen atoms in total. The molecule has 0 bridgehead atoms. The van der Waals surface area contributed by atoms with Crippen LogP contribution in [0.2, 0.25) is 0 Å². The van der Waals surface area contributed by atoms with Crippen molar-refractivity contribution in [1.29, 1.82) is 0 Å². The van der Waals surface area contributed by atoms with Crippen LogP contribution in [0.25, 0.3) is 0 Å². The largest absolute Gasteiger partial charge is 0.478 e. The molecule has 0 saturated heterocycles. The first-order valence-electron chi connectivity index (χ1n) is 8.65. The highest BCUT2D eigenvalue weighted by Gasteiger charge is 2.14. The summed E-state index contributed by atoms with van der Waals surface area (Å²) in [4.78, 5) is 24.9. The number of hydrogen-bond acceptors (Lipinski definition) is 4. The van der Waals surface area contributed by atoms with Crippen LogP contribution >= 0.6 is 0 Å². The Hall–Kier alpha value is -3.86. The summed E-state index contributed by atoms with van der Waals surface area (Å²) in [6, 6.07) is 26.7. The standard InChI is InChI=1S/C23H19NO4/c1-17(22(25)26)16-28-23(27)18-12-14-21(15-13-18)24(19-8-4-2-5-9-19)20-10-6-3-7-11-20/h2-15H,1,16H2,(H,25,26). The van der Waals surface area contributed by atoms with Gasteiger partial charge >= 0.3 is 11.9 Å². The Labute approximate surface area is 163 Å². The second-order valence-electron chi connectivity index (χ2n) is 6.04. The van der Waals surface area contributed by atoms with Crippen molar-refractivity contribution >= 4 is 29.0 Å². The number of benzene rings is 3. The first kappa shape index (κ1) is 18.9. The number of carbonyl (C=O) groups excluding carboxylic acids is 1. The minimum atomic E-state index is -1.19. The molecule has 0 aliphatic carbocycles. The number of para-hydroxylation sites is 2. The van der Waals surface area contributed by atoms with E-state index in [0.717, 1.165) is 17.1 Å². The lowest BCUT2D eigenvalue weighted by Gasteiger charge is -2.25. The van der Waals surface area contributed by atoms with Crippen molar-refractivity contribution in [2.45, 2.75) is 0 Å². The van der Waals surface area contributed by atoms with Crippen LogP contribution in [0.15, 0.2) is 97.1 Å². The van der Waals surface area contributed by atoms with Gasteiger partial charge in [0.1, 0.15) is 6.61 Å². The van der Waals surface area contributed by atoms with Crippen molar-refractivity contribution in [3.8, 4) is 0 Å². The molecule has 28 heavy (non-hydrogen) atoms. The number of carboxylic acids is 1. The molecular weight excluding hydrogens is 354 g/mol. The average molecular weight is 373 g/mol. The maximum atomic E-state index is 12.1. The lowest BCUT2D eigenvalue weighted by atomic mass is 10.1. The minimum absolute atomic E-state index is 0.177. The SMILES string of the molecule is C=C(COC(=O)c1ccc(N(c2ccccc2)c2ccccc2)cc1)C(=O)O. The summed E-state index contributed by atoms with van der Waals surface area (Å²) < 4.78 is 4.99. The molecular formula is C23H19NO4. The fourth-order valence-electron chi connectivity index (χ4n) is 2.65. The zero-order valence-electron chi connectivity index (χ0n) is 15.1. The molecule has 0 aromatic heterocycles. The lowest BCUT2D eigenvalue weighted by molar-refractivity contribution is -0.133. The van der Waals surface area contributed by atoms with Gasteiger partial charge in [0.15, 0.2) is 0 Å². The zero-order valence-corrected chi connectivity index (χ0v) is 15.1. The summed E-state index contributed by atoms with van der Waals surface area (Å²) in [5.41, 5.74) is 3.01. The Bertz CT molecular complexity index is 927. The van der Waals surface area contributed by atoms with Gasteiger partial charge in [0.2, 0.25) is 0 Å². The van der Waals surface area contributed by atoms with Crippen LogP contribution in [-0.4, -0.2) is 23.7 Å². The predicted octanol–water partition coefficient (Wildman–Crippen LogP) is 4.95. The summed E-state index contributed by atoms with van der Waals surface area (Å²) in [5.74, 6) is -1.79. The minimum Gasteiger partial charge on any atom is -0.478 e. The van der Waals surface area contributed by atoms with Gasteiger partial charge in [-0.25, -0.2) is 9.59 Å². The molecule has 3 rings (SSSR count). The summed E-state index contributed by atoms with van der Waals surface area (Å²) >= 11 is 0. The monoisotopic (exact) mass is 373 g/mol. The second-order valence-corrected chi connectivity index (χ2v) is 6.04. The van der Waals surface area contributed by atoms with E-state index in [1.807, 2.05) is 72.8 Å². The number of rotatable bonds is 7. The van der Waals surface area contributed by atoms with Gasteiger partial charge in [-0.2, -0.15) is 0 Å². The second kappa shape index (κ2) is 8.68. The summed E-state index contributed by atoms with van der Waals surface area (Å²) in [6.45, 7) is 2.99. The van der Waals surface area contributed by atoms with Crippen molar-refractivity contribution in [2.24, 2.45) is 0 Å². The van der Waals surface area contributed by atoms with E-state index in [0.29, 0.717) is 5.56 Å². The van der Waals surface area contributed by atoms with E-state index >= 15 is 0 Å². The molecule has 0 heterocycles. The van der Waals surface area contributed by atoms with E-state index in [4.69, 9.17) is 9.84 Å². The zero-order chi connectivity index (χ0) is 19.9. The van der Waals surface area contributed by atoms with E-state index in [1.165, 1.54) is 0 Å². The summed E-state index contributed by atoms with van der Waals surface area (Å²) in [5, 5.41) is 8.78. The Morgan fingerprint density at radius 1 is 0.786 bits per heavy atom. The van der Waals surface area contributed by atoms with E-state index in [1.54, 1.807) is 12.1 Å². The highest BCUT2D eigenvalue weighted by Crippen LogP contribution is 2.34. The molecule has 0 fully saturated rings. The van der Waals surface area contributed by atoms with Gasteiger partial charge in [-0.15, -0.1) is 0 Å². The Kier molecular flexibility index (Phi) is 5.87. The number of aliphatic carboxylic acids is 1. The van der Waals surface area contributed by atoms with Gasteiger partial charge < -0.3 is 14.7 Å². The summed E-state index contributed by atoms with van der Waals surface area (Å²) in [7, 11) is 0. The molecule has 0 aliphatic heterocycles. The van der Waals surface area contributed by atoms with Gasteiger partial charge in [0.05, 0.1) is 11.1 Å². The quantitative estimate of drug-likeness (QED) is 0.469. The first-order valence-corrected chi connectivity index (χ1v) is 8.65. The number of carboxylic acid groups (broad SMARTS) is 1. The molecule has 3 aromatic carbocycles. The van der Waals surface area contributed by atoms with Gasteiger partial charge in [-0.3, -0.25) is 0 Å². The Morgan fingerprint density at radius 2 is 1.25 bits per heavy atom. The normalized spacial score (nSPS) is 10.1. The van der Waals surface area contributed by atoms with Crippen LogP contribution in [0.3, 0.4) is 0 Å². The Morgan fingerprint density at radius 3 is 1.71 bits per heavy atom. The highest BCUT2D eigenvalue weighted by atomic mass is 16.5. The molecule has 3 aromatic rings. The Balaban J connectivity index is 1.84. The van der Waals surface area contributed by atoms with Crippen molar-refractivity contribution in [2.75, 3.05) is 11.5 Å². The van der Waals surface area contributed by atoms with Crippen LogP contribution in [0.1, 0.15) is 10.4 Å². The molecule has 0 amide bonds. The molecule has 0 spiro atoms. The third-order valence-corrected chi connectivity index (χ3v) is 4.07. The predicted molar refractivity (Wildman–Crippen MR) is 108 cm³/mol. The lowest BCUT2D eigenvalue weighted by Crippen LogP contribution is -2.13. The average Bonchev–Trinajstić information content (AvgIpc) is 2.74. The third kappa shape index (κ3) is 4.45. The maximum Gasteiger partial charge on any atom is 0.338 e. The number of esters is 1. The van der Waals surface area contributed by atoms with Crippen LogP contribution in [0, 0.1) is 0 Å². The molecule has 1 N–H and O–H groups in total. The molecule has 0 atom stereocenters.